The third-order valence-corrected chi connectivity index (χ3v) is 4.14. The Morgan fingerprint density at radius 3 is 2.67 bits per heavy atom. The van der Waals surface area contributed by atoms with Crippen LogP contribution in [0.3, 0.4) is 0 Å². The molecule has 5 nitrogen and oxygen atoms in total. The number of carbonyl (C=O) groups is 2. The highest BCUT2D eigenvalue weighted by Crippen LogP contribution is 2.47. The highest BCUT2D eigenvalue weighted by atomic mass is 32.2. The monoisotopic (exact) mass is 230 g/mol. The van der Waals surface area contributed by atoms with Crippen molar-refractivity contribution in [2.24, 2.45) is 11.1 Å². The van der Waals surface area contributed by atoms with Crippen LogP contribution in [-0.2, 0) is 9.59 Å². The van der Waals surface area contributed by atoms with Gasteiger partial charge < -0.3 is 15.7 Å². The van der Waals surface area contributed by atoms with Crippen molar-refractivity contribution in [3.8, 4) is 0 Å². The van der Waals surface area contributed by atoms with Crippen molar-refractivity contribution < 1.29 is 14.7 Å². The highest BCUT2D eigenvalue weighted by molar-refractivity contribution is 7.99. The van der Waals surface area contributed by atoms with Crippen LogP contribution >= 0.6 is 11.8 Å². The summed E-state index contributed by atoms with van der Waals surface area (Å²) in [5, 5.41) is 8.95. The van der Waals surface area contributed by atoms with Gasteiger partial charge in [0.2, 0.25) is 5.91 Å². The molecule has 1 atom stereocenters. The van der Waals surface area contributed by atoms with E-state index in [1.165, 1.54) is 16.7 Å². The molecule has 2 rings (SSSR count). The lowest BCUT2D eigenvalue weighted by atomic mass is 10.1. The van der Waals surface area contributed by atoms with Gasteiger partial charge in [0.25, 0.3) is 0 Å². The third kappa shape index (κ3) is 1.72. The average molecular weight is 230 g/mol. The van der Waals surface area contributed by atoms with Gasteiger partial charge in [0.1, 0.15) is 6.04 Å². The second kappa shape index (κ2) is 3.68. The predicted molar refractivity (Wildman–Crippen MR) is 56.3 cm³/mol. The Morgan fingerprint density at radius 2 is 2.20 bits per heavy atom. The highest BCUT2D eigenvalue weighted by Gasteiger charge is 2.53. The average Bonchev–Trinajstić information content (AvgIpc) is 2.86. The molecule has 0 aromatic rings. The number of hydrogen-bond donors (Lipinski definition) is 2. The molecule has 0 radical (unpaired) electrons. The predicted octanol–water partition coefficient (Wildman–Crippen LogP) is -0.289. The molecule has 3 N–H and O–H groups in total. The molecule has 84 valence electrons. The zero-order chi connectivity index (χ0) is 11.1. The standard InChI is InChI=1S/C9H14N2O3S/c10-4-9(1-2-9)8(14)11-5-15-3-6(11)7(12)13/h6H,1-5,10H2,(H,12,13). The van der Waals surface area contributed by atoms with Crippen LogP contribution in [0.25, 0.3) is 0 Å². The van der Waals surface area contributed by atoms with Crippen molar-refractivity contribution >= 4 is 23.6 Å². The van der Waals surface area contributed by atoms with E-state index in [1.54, 1.807) is 0 Å². The molecule has 0 spiro atoms. The molecular weight excluding hydrogens is 216 g/mol. The minimum absolute atomic E-state index is 0.0672. The van der Waals surface area contributed by atoms with Gasteiger partial charge in [0.15, 0.2) is 0 Å². The van der Waals surface area contributed by atoms with Gasteiger partial charge in [0.05, 0.1) is 11.3 Å². The maximum Gasteiger partial charge on any atom is 0.327 e. The van der Waals surface area contributed by atoms with Crippen molar-refractivity contribution in [2.75, 3.05) is 18.2 Å². The maximum atomic E-state index is 12.0. The molecule has 1 aliphatic carbocycles. The molecular formula is C9H14N2O3S. The number of nitrogens with two attached hydrogens (primary N) is 1. The summed E-state index contributed by atoms with van der Waals surface area (Å²) >= 11 is 1.48. The number of aliphatic carboxylic acids is 1. The lowest BCUT2D eigenvalue weighted by Gasteiger charge is -2.24. The second-order valence-electron chi connectivity index (χ2n) is 4.11. The van der Waals surface area contributed by atoms with Crippen molar-refractivity contribution in [2.45, 2.75) is 18.9 Å². The van der Waals surface area contributed by atoms with E-state index < -0.39 is 17.4 Å². The minimum Gasteiger partial charge on any atom is -0.480 e. The van der Waals surface area contributed by atoms with Crippen LogP contribution < -0.4 is 5.73 Å². The number of hydrogen-bond acceptors (Lipinski definition) is 4. The number of amides is 1. The number of nitrogens with zero attached hydrogens (tertiary/aromatic N) is 1. The van der Waals surface area contributed by atoms with Crippen molar-refractivity contribution in [1.29, 1.82) is 0 Å². The molecule has 2 fully saturated rings. The molecule has 6 heteroatoms. The molecule has 0 aromatic carbocycles. The number of carboxylic acids is 1. The van der Waals surface area contributed by atoms with Gasteiger partial charge in [-0.05, 0) is 12.8 Å². The Labute approximate surface area is 92.0 Å². The lowest BCUT2D eigenvalue weighted by Crippen LogP contribution is -2.47. The first kappa shape index (κ1) is 10.8. The first-order valence-corrected chi connectivity index (χ1v) is 6.08. The van der Waals surface area contributed by atoms with Gasteiger partial charge in [-0.3, -0.25) is 4.79 Å². The third-order valence-electron chi connectivity index (χ3n) is 3.13. The summed E-state index contributed by atoms with van der Waals surface area (Å²) in [6.45, 7) is 0.333. The number of carboxylic acid groups (broad SMARTS) is 1. The zero-order valence-corrected chi connectivity index (χ0v) is 9.13. The molecule has 0 aromatic heterocycles. The zero-order valence-electron chi connectivity index (χ0n) is 8.31. The molecule has 0 bridgehead atoms. The summed E-state index contributed by atoms with van der Waals surface area (Å²) in [5.41, 5.74) is 5.13. The first-order valence-electron chi connectivity index (χ1n) is 4.92. The Bertz CT molecular complexity index is 304. The Balaban J connectivity index is 2.10. The van der Waals surface area contributed by atoms with E-state index >= 15 is 0 Å². The van der Waals surface area contributed by atoms with E-state index in [0.717, 1.165) is 12.8 Å². The SMILES string of the molecule is NCC1(C(=O)N2CSCC2C(=O)O)CC1. The first-order chi connectivity index (χ1) is 7.10. The largest absolute Gasteiger partial charge is 0.480 e. The van der Waals surface area contributed by atoms with Crippen LogP contribution in [0.4, 0.5) is 0 Å². The summed E-state index contributed by atoms with van der Waals surface area (Å²) in [6, 6.07) is -0.661. The van der Waals surface area contributed by atoms with Gasteiger partial charge >= 0.3 is 5.97 Å². The molecule has 1 unspecified atom stereocenters. The summed E-state index contributed by atoms with van der Waals surface area (Å²) in [7, 11) is 0. The van der Waals surface area contributed by atoms with Gasteiger partial charge in [-0.25, -0.2) is 4.79 Å². The van der Waals surface area contributed by atoms with Crippen LogP contribution in [-0.4, -0.2) is 46.1 Å². The summed E-state index contributed by atoms with van der Waals surface area (Å²) in [5.74, 6) is -0.0113. The lowest BCUT2D eigenvalue weighted by molar-refractivity contribution is -0.149. The maximum absolute atomic E-state index is 12.0. The van der Waals surface area contributed by atoms with Gasteiger partial charge in [-0.2, -0.15) is 0 Å². The number of thioether (sulfide) groups is 1. The van der Waals surface area contributed by atoms with E-state index in [4.69, 9.17) is 10.8 Å². The molecule has 1 amide bonds. The van der Waals surface area contributed by atoms with Crippen LogP contribution in [0.5, 0.6) is 0 Å². The number of carbonyl (C=O) groups excluding carboxylic acids is 1. The molecule has 1 aliphatic heterocycles. The molecule has 1 saturated heterocycles. The summed E-state index contributed by atoms with van der Waals surface area (Å²) in [4.78, 5) is 24.4. The van der Waals surface area contributed by atoms with Crippen molar-refractivity contribution in [3.05, 3.63) is 0 Å². The fourth-order valence-electron chi connectivity index (χ4n) is 1.81. The topological polar surface area (TPSA) is 83.6 Å². The Hall–Kier alpha value is -0.750. The Morgan fingerprint density at radius 1 is 1.53 bits per heavy atom. The quantitative estimate of drug-likeness (QED) is 0.696. The van der Waals surface area contributed by atoms with Crippen molar-refractivity contribution in [3.63, 3.8) is 0 Å². The van der Waals surface area contributed by atoms with Crippen LogP contribution in [0.15, 0.2) is 0 Å². The normalized spacial score (nSPS) is 27.8. The summed E-state index contributed by atoms with van der Waals surface area (Å²) in [6.07, 6.45) is 1.60. The van der Waals surface area contributed by atoms with Gasteiger partial charge in [-0.1, -0.05) is 0 Å². The Kier molecular flexibility index (Phi) is 2.64. The second-order valence-corrected chi connectivity index (χ2v) is 5.11. The fourth-order valence-corrected chi connectivity index (χ4v) is 2.95. The van der Waals surface area contributed by atoms with E-state index in [9.17, 15) is 9.59 Å². The van der Waals surface area contributed by atoms with E-state index in [1.807, 2.05) is 0 Å². The number of rotatable bonds is 3. The molecule has 1 heterocycles. The fraction of sp³-hybridized carbons (Fsp3) is 0.778. The summed E-state index contributed by atoms with van der Waals surface area (Å²) < 4.78 is 0. The smallest absolute Gasteiger partial charge is 0.327 e. The van der Waals surface area contributed by atoms with Gasteiger partial charge in [0, 0.05) is 12.3 Å². The van der Waals surface area contributed by atoms with Crippen LogP contribution in [0.2, 0.25) is 0 Å². The van der Waals surface area contributed by atoms with Crippen LogP contribution in [0, 0.1) is 5.41 Å². The van der Waals surface area contributed by atoms with Crippen molar-refractivity contribution in [1.82, 2.24) is 4.90 Å². The minimum atomic E-state index is -0.916. The van der Waals surface area contributed by atoms with E-state index in [0.29, 0.717) is 18.2 Å². The molecule has 15 heavy (non-hydrogen) atoms. The van der Waals surface area contributed by atoms with Crippen LogP contribution in [0.1, 0.15) is 12.8 Å². The van der Waals surface area contributed by atoms with E-state index in [-0.39, 0.29) is 5.91 Å². The van der Waals surface area contributed by atoms with Gasteiger partial charge in [-0.15, -0.1) is 11.8 Å². The van der Waals surface area contributed by atoms with E-state index in [2.05, 4.69) is 0 Å². The molecule has 1 saturated carbocycles. The molecule has 2 aliphatic rings.